The molecule has 0 aliphatic heterocycles. The van der Waals surface area contributed by atoms with E-state index in [-0.39, 0.29) is 6.42 Å². The Morgan fingerprint density at radius 1 is 1.47 bits per heavy atom. The fourth-order valence-corrected chi connectivity index (χ4v) is 2.07. The van der Waals surface area contributed by atoms with E-state index in [1.165, 1.54) is 0 Å². The van der Waals surface area contributed by atoms with E-state index in [1.807, 2.05) is 6.92 Å². The van der Waals surface area contributed by atoms with Crippen molar-refractivity contribution in [2.24, 2.45) is 0 Å². The summed E-state index contributed by atoms with van der Waals surface area (Å²) in [5.41, 5.74) is 1.31. The molecule has 1 aromatic heterocycles. The van der Waals surface area contributed by atoms with Crippen LogP contribution in [0.3, 0.4) is 0 Å². The van der Waals surface area contributed by atoms with Crippen LogP contribution in [0.1, 0.15) is 24.7 Å². The molecule has 1 atom stereocenters. The highest BCUT2D eigenvalue weighted by atomic mass is 79.9. The van der Waals surface area contributed by atoms with Crippen LogP contribution in [-0.2, 0) is 13.0 Å². The van der Waals surface area contributed by atoms with Gasteiger partial charge in [-0.2, -0.15) is 18.3 Å². The molecule has 0 fully saturated rings. The van der Waals surface area contributed by atoms with Gasteiger partial charge in [-0.05, 0) is 29.8 Å². The minimum atomic E-state index is -4.35. The number of hydrogen-bond donors (Lipinski definition) is 1. The average molecular weight is 315 g/mol. The van der Waals surface area contributed by atoms with Crippen LogP contribution in [-0.4, -0.2) is 27.2 Å². The van der Waals surface area contributed by atoms with Gasteiger partial charge in [-0.25, -0.2) is 0 Å². The first-order valence-corrected chi connectivity index (χ1v) is 6.00. The number of aliphatic hydroxyl groups is 1. The summed E-state index contributed by atoms with van der Waals surface area (Å²) >= 11 is 3.27. The minimum Gasteiger partial charge on any atom is -0.392 e. The van der Waals surface area contributed by atoms with E-state index < -0.39 is 18.7 Å². The van der Waals surface area contributed by atoms with Gasteiger partial charge >= 0.3 is 6.18 Å². The number of halogens is 4. The van der Waals surface area contributed by atoms with E-state index >= 15 is 0 Å². The molecule has 0 aliphatic carbocycles. The van der Waals surface area contributed by atoms with Gasteiger partial charge in [-0.3, -0.25) is 4.68 Å². The van der Waals surface area contributed by atoms with E-state index in [0.29, 0.717) is 22.4 Å². The zero-order valence-corrected chi connectivity index (χ0v) is 11.1. The molecule has 3 nitrogen and oxygen atoms in total. The van der Waals surface area contributed by atoms with Crippen molar-refractivity contribution in [1.82, 2.24) is 9.78 Å². The van der Waals surface area contributed by atoms with E-state index in [1.54, 1.807) is 11.6 Å². The molecule has 0 aliphatic rings. The third kappa shape index (κ3) is 3.99. The van der Waals surface area contributed by atoms with Crippen molar-refractivity contribution in [3.05, 3.63) is 15.9 Å². The molecule has 7 heteroatoms. The molecule has 0 saturated heterocycles. The standard InChI is InChI=1S/C10H14BrF3N2O/c1-3-16-8(9(11)6(2)15-16)4-7(17)5-10(12,13)14/h7,17H,3-5H2,1-2H3. The van der Waals surface area contributed by atoms with E-state index in [2.05, 4.69) is 21.0 Å². The SMILES string of the molecule is CCn1nc(C)c(Br)c1CC(O)CC(F)(F)F. The van der Waals surface area contributed by atoms with Crippen LogP contribution in [0.15, 0.2) is 4.47 Å². The van der Waals surface area contributed by atoms with E-state index in [0.717, 1.165) is 0 Å². The first-order chi connectivity index (χ1) is 7.74. The van der Waals surface area contributed by atoms with Crippen molar-refractivity contribution < 1.29 is 18.3 Å². The number of aliphatic hydroxyl groups excluding tert-OH is 1. The summed E-state index contributed by atoms with van der Waals surface area (Å²) in [4.78, 5) is 0. The Morgan fingerprint density at radius 3 is 2.53 bits per heavy atom. The van der Waals surface area contributed by atoms with Crippen molar-refractivity contribution in [3.8, 4) is 0 Å². The van der Waals surface area contributed by atoms with Crippen LogP contribution in [0.25, 0.3) is 0 Å². The summed E-state index contributed by atoms with van der Waals surface area (Å²) in [6.45, 7) is 4.16. The Kier molecular flexibility index (Phi) is 4.60. The number of nitrogens with zero attached hydrogens (tertiary/aromatic N) is 2. The Balaban J connectivity index is 2.80. The topological polar surface area (TPSA) is 38.0 Å². The number of aryl methyl sites for hydroxylation is 2. The van der Waals surface area contributed by atoms with Crippen molar-refractivity contribution >= 4 is 15.9 Å². The second-order valence-electron chi connectivity index (χ2n) is 3.84. The summed E-state index contributed by atoms with van der Waals surface area (Å²) in [6.07, 6.45) is -7.05. The summed E-state index contributed by atoms with van der Waals surface area (Å²) in [5, 5.41) is 13.6. The minimum absolute atomic E-state index is 0.0607. The smallest absolute Gasteiger partial charge is 0.391 e. The summed E-state index contributed by atoms with van der Waals surface area (Å²) in [7, 11) is 0. The number of rotatable bonds is 4. The fraction of sp³-hybridized carbons (Fsp3) is 0.700. The van der Waals surface area contributed by atoms with Crippen LogP contribution in [0.2, 0.25) is 0 Å². The Bertz CT molecular complexity index is 390. The highest BCUT2D eigenvalue weighted by Gasteiger charge is 2.32. The maximum atomic E-state index is 12.1. The molecule has 17 heavy (non-hydrogen) atoms. The zero-order chi connectivity index (χ0) is 13.2. The molecule has 0 radical (unpaired) electrons. The average Bonchev–Trinajstić information content (AvgIpc) is 2.42. The van der Waals surface area contributed by atoms with Crippen LogP contribution in [0.5, 0.6) is 0 Å². The Morgan fingerprint density at radius 2 is 2.06 bits per heavy atom. The van der Waals surface area contributed by atoms with Gasteiger partial charge in [0.2, 0.25) is 0 Å². The van der Waals surface area contributed by atoms with Gasteiger partial charge in [0.15, 0.2) is 0 Å². The predicted octanol–water partition coefficient (Wildman–Crippen LogP) is 2.83. The molecule has 0 bridgehead atoms. The van der Waals surface area contributed by atoms with Crippen molar-refractivity contribution in [2.75, 3.05) is 0 Å². The maximum absolute atomic E-state index is 12.1. The third-order valence-electron chi connectivity index (χ3n) is 2.35. The van der Waals surface area contributed by atoms with Gasteiger partial charge in [0.25, 0.3) is 0 Å². The third-order valence-corrected chi connectivity index (χ3v) is 3.38. The lowest BCUT2D eigenvalue weighted by Gasteiger charge is -2.14. The van der Waals surface area contributed by atoms with Crippen LogP contribution in [0.4, 0.5) is 13.2 Å². The molecule has 0 amide bonds. The van der Waals surface area contributed by atoms with E-state index in [9.17, 15) is 18.3 Å². The highest BCUT2D eigenvalue weighted by molar-refractivity contribution is 9.10. The lowest BCUT2D eigenvalue weighted by molar-refractivity contribution is -0.153. The first kappa shape index (κ1) is 14.5. The van der Waals surface area contributed by atoms with Crippen LogP contribution >= 0.6 is 15.9 Å². The highest BCUT2D eigenvalue weighted by Crippen LogP contribution is 2.26. The maximum Gasteiger partial charge on any atom is 0.391 e. The molecule has 1 N–H and O–H groups in total. The quantitative estimate of drug-likeness (QED) is 0.928. The zero-order valence-electron chi connectivity index (χ0n) is 9.55. The lowest BCUT2D eigenvalue weighted by Crippen LogP contribution is -2.22. The molecule has 0 aromatic carbocycles. The van der Waals surface area contributed by atoms with Gasteiger partial charge in [0.1, 0.15) is 0 Å². The molecular formula is C10H14BrF3N2O. The molecule has 1 unspecified atom stereocenters. The largest absolute Gasteiger partial charge is 0.392 e. The molecule has 1 aromatic rings. The summed E-state index contributed by atoms with van der Waals surface area (Å²) in [5.74, 6) is 0. The molecule has 1 heterocycles. The van der Waals surface area contributed by atoms with Crippen LogP contribution < -0.4 is 0 Å². The summed E-state index contributed by atoms with van der Waals surface area (Å²) < 4.78 is 38.6. The van der Waals surface area contributed by atoms with Gasteiger partial charge in [0, 0.05) is 13.0 Å². The molecule has 0 saturated carbocycles. The van der Waals surface area contributed by atoms with Gasteiger partial charge < -0.3 is 5.11 Å². The molecule has 0 spiro atoms. The first-order valence-electron chi connectivity index (χ1n) is 5.21. The fourth-order valence-electron chi connectivity index (χ4n) is 1.63. The molecular weight excluding hydrogens is 301 g/mol. The van der Waals surface area contributed by atoms with Crippen LogP contribution in [0, 0.1) is 6.92 Å². The predicted molar refractivity (Wildman–Crippen MR) is 60.7 cm³/mol. The summed E-state index contributed by atoms with van der Waals surface area (Å²) in [6, 6.07) is 0. The monoisotopic (exact) mass is 314 g/mol. The van der Waals surface area contributed by atoms with Gasteiger partial charge in [0.05, 0.1) is 28.4 Å². The second kappa shape index (κ2) is 5.39. The van der Waals surface area contributed by atoms with Gasteiger partial charge in [-0.15, -0.1) is 0 Å². The van der Waals surface area contributed by atoms with Gasteiger partial charge in [-0.1, -0.05) is 0 Å². The molecule has 98 valence electrons. The Labute approximate surface area is 106 Å². The van der Waals surface area contributed by atoms with Crippen molar-refractivity contribution in [3.63, 3.8) is 0 Å². The lowest BCUT2D eigenvalue weighted by atomic mass is 10.1. The Hall–Kier alpha value is -0.560. The second-order valence-corrected chi connectivity index (χ2v) is 4.63. The van der Waals surface area contributed by atoms with Crippen molar-refractivity contribution in [1.29, 1.82) is 0 Å². The number of aromatic nitrogens is 2. The normalized spacial score (nSPS) is 14.1. The number of hydrogen-bond acceptors (Lipinski definition) is 2. The number of alkyl halides is 3. The van der Waals surface area contributed by atoms with Crippen molar-refractivity contribution in [2.45, 2.75) is 45.5 Å². The van der Waals surface area contributed by atoms with E-state index in [4.69, 9.17) is 0 Å². The molecule has 1 rings (SSSR count).